The second-order valence-corrected chi connectivity index (χ2v) is 5.33. The van der Waals surface area contributed by atoms with E-state index in [1.54, 1.807) is 56.2 Å². The Bertz CT molecular complexity index is 576. The van der Waals surface area contributed by atoms with E-state index >= 15 is 0 Å². The summed E-state index contributed by atoms with van der Waals surface area (Å²) in [5, 5.41) is 15.8. The van der Waals surface area contributed by atoms with Crippen LogP contribution in [0, 0.1) is 27.7 Å². The molecular formula is C14H20N8OS. The van der Waals surface area contributed by atoms with Gasteiger partial charge in [-0.15, -0.1) is 21.5 Å². The van der Waals surface area contributed by atoms with Crippen LogP contribution < -0.4 is 0 Å². The number of nitrogens with one attached hydrogen (secondary N) is 2. The summed E-state index contributed by atoms with van der Waals surface area (Å²) in [6.45, 7) is 7.48. The van der Waals surface area contributed by atoms with Crippen LogP contribution in [-0.2, 0) is 0 Å². The van der Waals surface area contributed by atoms with E-state index in [0.29, 0.717) is 5.82 Å². The zero-order chi connectivity index (χ0) is 17.6. The van der Waals surface area contributed by atoms with Crippen LogP contribution in [0.1, 0.15) is 22.5 Å². The van der Waals surface area contributed by atoms with E-state index in [0.717, 1.165) is 16.7 Å². The fourth-order valence-electron chi connectivity index (χ4n) is 1.15. The number of hydrogen-bond acceptors (Lipinski definition) is 8. The largest absolute Gasteiger partial charge is 0.449 e. The SMILES string of the molecule is Cc1ncc[nH]1.Cc1ncco1.Cc1nccs1.Cc1nn[nH]n1. The number of thiazole rings is 1. The van der Waals surface area contributed by atoms with Gasteiger partial charge in [-0.2, -0.15) is 5.21 Å². The van der Waals surface area contributed by atoms with Gasteiger partial charge in [-0.3, -0.25) is 4.98 Å². The fourth-order valence-corrected chi connectivity index (χ4v) is 1.59. The fraction of sp³-hybridized carbons (Fsp3) is 0.286. The Labute approximate surface area is 143 Å². The lowest BCUT2D eigenvalue weighted by molar-refractivity contribution is 0.521. The van der Waals surface area contributed by atoms with Crippen LogP contribution in [0.2, 0.25) is 0 Å². The molecule has 0 spiro atoms. The first-order valence-electron chi connectivity index (χ1n) is 6.96. The van der Waals surface area contributed by atoms with Gasteiger partial charge in [-0.1, -0.05) is 5.21 Å². The Balaban J connectivity index is 0.000000160. The van der Waals surface area contributed by atoms with Crippen molar-refractivity contribution in [1.82, 2.24) is 40.6 Å². The number of imidazole rings is 1. The molecular weight excluding hydrogens is 328 g/mol. The monoisotopic (exact) mass is 348 g/mol. The van der Waals surface area contributed by atoms with E-state index in [-0.39, 0.29) is 0 Å². The Morgan fingerprint density at radius 1 is 1.00 bits per heavy atom. The highest BCUT2D eigenvalue weighted by atomic mass is 32.1. The zero-order valence-electron chi connectivity index (χ0n) is 14.0. The number of oxazole rings is 1. The molecule has 0 aliphatic rings. The van der Waals surface area contributed by atoms with Crippen molar-refractivity contribution in [3.8, 4) is 0 Å². The van der Waals surface area contributed by atoms with Crippen LogP contribution >= 0.6 is 11.3 Å². The van der Waals surface area contributed by atoms with Gasteiger partial charge in [-0.25, -0.2) is 9.97 Å². The van der Waals surface area contributed by atoms with Crippen molar-refractivity contribution in [3.63, 3.8) is 0 Å². The normalized spacial score (nSPS) is 8.83. The van der Waals surface area contributed by atoms with Crippen molar-refractivity contribution in [3.05, 3.63) is 59.0 Å². The van der Waals surface area contributed by atoms with Crippen LogP contribution in [0.5, 0.6) is 0 Å². The lowest BCUT2D eigenvalue weighted by Gasteiger charge is -1.68. The minimum absolute atomic E-state index is 0.676. The first-order chi connectivity index (χ1) is 11.6. The average molecular weight is 348 g/mol. The van der Waals surface area contributed by atoms with E-state index in [2.05, 4.69) is 40.6 Å². The molecule has 0 fully saturated rings. The second kappa shape index (κ2) is 11.7. The van der Waals surface area contributed by atoms with Gasteiger partial charge in [0, 0.05) is 30.9 Å². The van der Waals surface area contributed by atoms with Crippen LogP contribution in [-0.4, -0.2) is 40.6 Å². The third-order valence-electron chi connectivity index (χ3n) is 2.20. The number of hydrogen-bond donors (Lipinski definition) is 2. The second-order valence-electron chi connectivity index (χ2n) is 4.24. The number of H-pyrrole nitrogens is 2. The number of rotatable bonds is 0. The third kappa shape index (κ3) is 9.95. The van der Waals surface area contributed by atoms with Gasteiger partial charge >= 0.3 is 0 Å². The minimum atomic E-state index is 0.676. The summed E-state index contributed by atoms with van der Waals surface area (Å²) in [5.74, 6) is 2.36. The highest BCUT2D eigenvalue weighted by Gasteiger charge is 1.79. The quantitative estimate of drug-likeness (QED) is 0.501. The number of aryl methyl sites for hydroxylation is 4. The lowest BCUT2D eigenvalue weighted by atomic mass is 10.8. The summed E-state index contributed by atoms with van der Waals surface area (Å²) in [5.41, 5.74) is 0. The summed E-state index contributed by atoms with van der Waals surface area (Å²) >= 11 is 1.67. The molecule has 0 aromatic carbocycles. The van der Waals surface area contributed by atoms with Crippen molar-refractivity contribution < 1.29 is 4.42 Å². The molecule has 0 amide bonds. The molecule has 4 rings (SSSR count). The zero-order valence-corrected chi connectivity index (χ0v) is 14.8. The molecule has 10 heteroatoms. The molecule has 0 saturated heterocycles. The van der Waals surface area contributed by atoms with Crippen molar-refractivity contribution in [1.29, 1.82) is 0 Å². The molecule has 0 saturated carbocycles. The van der Waals surface area contributed by atoms with E-state index in [1.165, 1.54) is 0 Å². The maximum Gasteiger partial charge on any atom is 0.190 e. The van der Waals surface area contributed by atoms with Crippen LogP contribution in [0.15, 0.2) is 40.8 Å². The maximum absolute atomic E-state index is 4.72. The number of aromatic nitrogens is 8. The standard InChI is InChI=1S/C4H6N2.C4H5NO.C4H5NS.C2H4N4/c3*1-4-5-2-3-6-4;1-2-3-5-6-4-2/h2-3H,1H3,(H,5,6);2*2-3H,1H3;1H3,(H,3,4,5,6). The third-order valence-corrected chi connectivity index (χ3v) is 2.90. The van der Waals surface area contributed by atoms with Crippen molar-refractivity contribution in [2.45, 2.75) is 27.7 Å². The molecule has 9 nitrogen and oxygen atoms in total. The summed E-state index contributed by atoms with van der Waals surface area (Å²) in [6.07, 6.45) is 8.51. The van der Waals surface area contributed by atoms with Gasteiger partial charge in [0.25, 0.3) is 0 Å². The summed E-state index contributed by atoms with van der Waals surface area (Å²) in [7, 11) is 0. The Hall–Kier alpha value is -2.88. The molecule has 4 heterocycles. The first-order valence-corrected chi connectivity index (χ1v) is 7.84. The highest BCUT2D eigenvalue weighted by molar-refractivity contribution is 7.09. The van der Waals surface area contributed by atoms with E-state index in [1.807, 2.05) is 19.2 Å². The predicted octanol–water partition coefficient (Wildman–Crippen LogP) is 2.66. The van der Waals surface area contributed by atoms with Crippen LogP contribution in [0.4, 0.5) is 0 Å². The molecule has 0 aliphatic carbocycles. The molecule has 4 aromatic rings. The molecule has 0 bridgehead atoms. The van der Waals surface area contributed by atoms with Gasteiger partial charge in [-0.05, 0) is 20.8 Å². The molecule has 4 aromatic heterocycles. The van der Waals surface area contributed by atoms with E-state index in [9.17, 15) is 0 Å². The molecule has 24 heavy (non-hydrogen) atoms. The van der Waals surface area contributed by atoms with Crippen molar-refractivity contribution in [2.75, 3.05) is 0 Å². The van der Waals surface area contributed by atoms with Gasteiger partial charge in [0.2, 0.25) is 0 Å². The van der Waals surface area contributed by atoms with E-state index in [4.69, 9.17) is 4.42 Å². The van der Waals surface area contributed by atoms with Gasteiger partial charge in [0.1, 0.15) is 12.1 Å². The minimum Gasteiger partial charge on any atom is -0.449 e. The Kier molecular flexibility index (Phi) is 9.31. The molecule has 128 valence electrons. The van der Waals surface area contributed by atoms with Gasteiger partial charge in [0.15, 0.2) is 11.7 Å². The lowest BCUT2D eigenvalue weighted by Crippen LogP contribution is -1.69. The molecule has 0 unspecified atom stereocenters. The molecule has 0 aliphatic heterocycles. The Morgan fingerprint density at radius 3 is 2.00 bits per heavy atom. The predicted molar refractivity (Wildman–Crippen MR) is 90.3 cm³/mol. The molecule has 2 N–H and O–H groups in total. The smallest absolute Gasteiger partial charge is 0.190 e. The van der Waals surface area contributed by atoms with E-state index < -0.39 is 0 Å². The number of tetrazole rings is 1. The average Bonchev–Trinajstić information content (AvgIpc) is 3.31. The van der Waals surface area contributed by atoms with Gasteiger partial charge < -0.3 is 9.40 Å². The molecule has 0 atom stereocenters. The van der Waals surface area contributed by atoms with Crippen LogP contribution in [0.3, 0.4) is 0 Å². The summed E-state index contributed by atoms with van der Waals surface area (Å²) in [4.78, 5) is 14.4. The maximum atomic E-state index is 4.72. The Morgan fingerprint density at radius 2 is 1.83 bits per heavy atom. The molecule has 0 radical (unpaired) electrons. The topological polar surface area (TPSA) is 122 Å². The summed E-state index contributed by atoms with van der Waals surface area (Å²) in [6, 6.07) is 0. The van der Waals surface area contributed by atoms with Crippen molar-refractivity contribution >= 4 is 11.3 Å². The number of nitrogens with zero attached hydrogens (tertiary/aromatic N) is 6. The van der Waals surface area contributed by atoms with Gasteiger partial charge in [0.05, 0.1) is 11.2 Å². The number of aromatic amines is 2. The van der Waals surface area contributed by atoms with Crippen LogP contribution in [0.25, 0.3) is 0 Å². The highest BCUT2D eigenvalue weighted by Crippen LogP contribution is 1.98. The summed E-state index contributed by atoms with van der Waals surface area (Å²) < 4.78 is 4.72. The van der Waals surface area contributed by atoms with Crippen molar-refractivity contribution in [2.24, 2.45) is 0 Å². The first kappa shape index (κ1) is 19.2.